The summed E-state index contributed by atoms with van der Waals surface area (Å²) in [6.45, 7) is 0. The van der Waals surface area contributed by atoms with Crippen molar-refractivity contribution in [3.8, 4) is 0 Å². The van der Waals surface area contributed by atoms with Crippen LogP contribution < -0.4 is 0 Å². The van der Waals surface area contributed by atoms with Gasteiger partial charge >= 0.3 is 0 Å². The first-order valence-corrected chi connectivity index (χ1v) is 10.4. The molecule has 28 heavy (non-hydrogen) atoms. The second-order valence-electron chi connectivity index (χ2n) is 6.94. The predicted molar refractivity (Wildman–Crippen MR) is 120 cm³/mol. The van der Waals surface area contributed by atoms with E-state index in [9.17, 15) is 0 Å². The lowest BCUT2D eigenvalue weighted by Crippen LogP contribution is -2.08. The van der Waals surface area contributed by atoms with Gasteiger partial charge in [0.1, 0.15) is 0 Å². The summed E-state index contributed by atoms with van der Waals surface area (Å²) < 4.78 is -0.161. The third-order valence-corrected chi connectivity index (χ3v) is 6.67. The highest BCUT2D eigenvalue weighted by atomic mass is 32.2. The average molecular weight is 377 g/mol. The SMILES string of the molecule is c1ccc(SC2(c3ccccc3)C(c3ccccc3)=C2c2ccccc2)cc1. The van der Waals surface area contributed by atoms with Crippen molar-refractivity contribution < 1.29 is 0 Å². The molecule has 1 aliphatic carbocycles. The zero-order chi connectivity index (χ0) is 18.8. The molecule has 134 valence electrons. The first kappa shape index (κ1) is 17.1. The van der Waals surface area contributed by atoms with E-state index in [2.05, 4.69) is 121 Å². The van der Waals surface area contributed by atoms with Gasteiger partial charge in [0.15, 0.2) is 0 Å². The number of thioether (sulfide) groups is 1. The van der Waals surface area contributed by atoms with Crippen molar-refractivity contribution in [2.75, 3.05) is 0 Å². The van der Waals surface area contributed by atoms with Gasteiger partial charge in [-0.25, -0.2) is 0 Å². The maximum atomic E-state index is 2.26. The predicted octanol–water partition coefficient (Wildman–Crippen LogP) is 7.30. The molecule has 0 N–H and O–H groups in total. The summed E-state index contributed by atoms with van der Waals surface area (Å²) in [6.07, 6.45) is 0. The Hall–Kier alpha value is -3.03. The van der Waals surface area contributed by atoms with E-state index in [0.29, 0.717) is 0 Å². The number of rotatable bonds is 5. The summed E-state index contributed by atoms with van der Waals surface area (Å²) in [5.41, 5.74) is 6.77. The molecule has 5 rings (SSSR count). The summed E-state index contributed by atoms with van der Waals surface area (Å²) in [4.78, 5) is 1.28. The van der Waals surface area contributed by atoms with Gasteiger partial charge in [-0.2, -0.15) is 0 Å². The van der Waals surface area contributed by atoms with Gasteiger partial charge in [0, 0.05) is 4.90 Å². The minimum absolute atomic E-state index is 0.161. The lowest BCUT2D eigenvalue weighted by atomic mass is 10.00. The molecule has 4 aromatic rings. The quantitative estimate of drug-likeness (QED) is 0.352. The van der Waals surface area contributed by atoms with Gasteiger partial charge in [-0.1, -0.05) is 109 Å². The summed E-state index contributed by atoms with van der Waals surface area (Å²) in [6, 6.07) is 43.3. The molecule has 1 aliphatic rings. The second-order valence-corrected chi connectivity index (χ2v) is 8.23. The molecule has 0 atom stereocenters. The van der Waals surface area contributed by atoms with Crippen molar-refractivity contribution in [1.82, 2.24) is 0 Å². The van der Waals surface area contributed by atoms with Crippen molar-refractivity contribution in [2.45, 2.75) is 9.64 Å². The molecule has 4 aromatic carbocycles. The molecular weight excluding hydrogens is 356 g/mol. The van der Waals surface area contributed by atoms with Crippen molar-refractivity contribution in [1.29, 1.82) is 0 Å². The van der Waals surface area contributed by atoms with Crippen LogP contribution in [0.1, 0.15) is 16.7 Å². The molecule has 0 aromatic heterocycles. The van der Waals surface area contributed by atoms with Crippen LogP contribution in [0.3, 0.4) is 0 Å². The Labute approximate surface area is 170 Å². The molecule has 0 spiro atoms. The Bertz CT molecular complexity index is 1050. The molecule has 0 bridgehead atoms. The molecule has 0 heterocycles. The third kappa shape index (κ3) is 2.89. The highest BCUT2D eigenvalue weighted by Gasteiger charge is 2.56. The summed E-state index contributed by atoms with van der Waals surface area (Å²) in [5.74, 6) is 0. The highest BCUT2D eigenvalue weighted by Crippen LogP contribution is 2.71. The van der Waals surface area contributed by atoms with Gasteiger partial charge in [0.05, 0.1) is 4.75 Å². The van der Waals surface area contributed by atoms with Crippen molar-refractivity contribution in [3.05, 3.63) is 138 Å². The monoisotopic (exact) mass is 376 g/mol. The Kier molecular flexibility index (Phi) is 4.38. The van der Waals surface area contributed by atoms with Gasteiger partial charge in [0.25, 0.3) is 0 Å². The summed E-state index contributed by atoms with van der Waals surface area (Å²) in [7, 11) is 0. The van der Waals surface area contributed by atoms with E-state index in [0.717, 1.165) is 0 Å². The molecule has 0 saturated carbocycles. The Morgan fingerprint density at radius 2 is 0.821 bits per heavy atom. The number of benzene rings is 4. The number of hydrogen-bond donors (Lipinski definition) is 0. The van der Waals surface area contributed by atoms with Crippen LogP contribution in [-0.4, -0.2) is 0 Å². The fraction of sp³-hybridized carbons (Fsp3) is 0.0370. The summed E-state index contributed by atoms with van der Waals surface area (Å²) in [5, 5.41) is 0. The first-order chi connectivity index (χ1) is 13.9. The van der Waals surface area contributed by atoms with E-state index in [1.165, 1.54) is 32.7 Å². The van der Waals surface area contributed by atoms with Gasteiger partial charge in [-0.05, 0) is 40.0 Å². The fourth-order valence-corrected chi connectivity index (χ4v) is 5.45. The summed E-state index contributed by atoms with van der Waals surface area (Å²) >= 11 is 1.94. The second kappa shape index (κ2) is 7.18. The van der Waals surface area contributed by atoms with Crippen LogP contribution in [0, 0.1) is 0 Å². The van der Waals surface area contributed by atoms with Crippen LogP contribution in [0.25, 0.3) is 11.1 Å². The van der Waals surface area contributed by atoms with E-state index in [4.69, 9.17) is 0 Å². The van der Waals surface area contributed by atoms with Gasteiger partial charge < -0.3 is 0 Å². The topological polar surface area (TPSA) is 0 Å². The molecule has 0 unspecified atom stereocenters. The van der Waals surface area contributed by atoms with Crippen LogP contribution in [-0.2, 0) is 4.75 Å². The first-order valence-electron chi connectivity index (χ1n) is 9.55. The molecule has 0 aliphatic heterocycles. The molecule has 0 nitrogen and oxygen atoms in total. The molecular formula is C27H20S. The fourth-order valence-electron chi connectivity index (χ4n) is 3.96. The van der Waals surface area contributed by atoms with Crippen LogP contribution in [0.15, 0.2) is 126 Å². The van der Waals surface area contributed by atoms with Crippen molar-refractivity contribution in [2.24, 2.45) is 0 Å². The van der Waals surface area contributed by atoms with Crippen LogP contribution in [0.2, 0.25) is 0 Å². The van der Waals surface area contributed by atoms with E-state index in [1.54, 1.807) is 0 Å². The average Bonchev–Trinajstić information content (AvgIpc) is 3.45. The van der Waals surface area contributed by atoms with E-state index in [-0.39, 0.29) is 4.75 Å². The standard InChI is InChI=1S/C27H20S/c1-5-13-21(14-6-1)25-26(22-15-7-2-8-16-22)27(25,23-17-9-3-10-18-23)28-24-19-11-4-12-20-24/h1-20H. The highest BCUT2D eigenvalue weighted by molar-refractivity contribution is 8.01. The van der Waals surface area contributed by atoms with E-state index < -0.39 is 0 Å². The van der Waals surface area contributed by atoms with Gasteiger partial charge in [-0.15, -0.1) is 11.8 Å². The van der Waals surface area contributed by atoms with E-state index >= 15 is 0 Å². The van der Waals surface area contributed by atoms with Crippen molar-refractivity contribution in [3.63, 3.8) is 0 Å². The third-order valence-electron chi connectivity index (χ3n) is 5.21. The molecule has 1 heteroatoms. The van der Waals surface area contributed by atoms with Crippen LogP contribution in [0.4, 0.5) is 0 Å². The molecule has 0 fully saturated rings. The maximum absolute atomic E-state index is 2.26. The zero-order valence-electron chi connectivity index (χ0n) is 15.5. The lowest BCUT2D eigenvalue weighted by Gasteiger charge is -2.21. The van der Waals surface area contributed by atoms with Gasteiger partial charge in [-0.3, -0.25) is 0 Å². The minimum Gasteiger partial charge on any atom is -0.105 e. The number of hydrogen-bond acceptors (Lipinski definition) is 1. The van der Waals surface area contributed by atoms with Gasteiger partial charge in [0.2, 0.25) is 0 Å². The lowest BCUT2D eigenvalue weighted by molar-refractivity contribution is 1.15. The van der Waals surface area contributed by atoms with E-state index in [1.807, 2.05) is 11.8 Å². The zero-order valence-corrected chi connectivity index (χ0v) is 16.3. The van der Waals surface area contributed by atoms with Crippen LogP contribution >= 0.6 is 11.8 Å². The van der Waals surface area contributed by atoms with Crippen LogP contribution in [0.5, 0.6) is 0 Å². The largest absolute Gasteiger partial charge is 0.105 e. The normalized spacial score (nSPS) is 14.7. The molecule has 0 radical (unpaired) electrons. The van der Waals surface area contributed by atoms with Crippen molar-refractivity contribution >= 4 is 22.9 Å². The Morgan fingerprint density at radius 1 is 0.429 bits per heavy atom. The Morgan fingerprint density at radius 3 is 1.29 bits per heavy atom. The maximum Gasteiger partial charge on any atom is 0.0972 e. The smallest absolute Gasteiger partial charge is 0.0972 e. The minimum atomic E-state index is -0.161. The Balaban J connectivity index is 1.72. The molecule has 0 amide bonds. The molecule has 0 saturated heterocycles.